The fourth-order valence-corrected chi connectivity index (χ4v) is 5.73. The standard InChI is InChI=1S/C27H34N6O2S/c1-4-5-6-11-31-12-9-29-25(31)14-19-16-33(27-30-10-13-36-27)23-15-20(7-8-21(23)26(19)34)32-17-22(28-2)24(18-32)35-3/h7-10,12-13,15-16,22,24,28H,4-6,11,14,17-18H2,1-3H3/t22-,24-/m0/s1. The molecule has 1 fully saturated rings. The van der Waals surface area contributed by atoms with E-state index in [4.69, 9.17) is 4.74 Å². The second kappa shape index (κ2) is 10.9. The Hall–Kier alpha value is -3.01. The number of hydrogen-bond donors (Lipinski definition) is 1. The van der Waals surface area contributed by atoms with Crippen LogP contribution in [0.1, 0.15) is 37.6 Å². The number of anilines is 1. The lowest BCUT2D eigenvalue weighted by atomic mass is 10.1. The van der Waals surface area contributed by atoms with E-state index >= 15 is 0 Å². The number of aryl methyl sites for hydroxylation is 1. The van der Waals surface area contributed by atoms with Gasteiger partial charge in [-0.2, -0.15) is 0 Å². The molecule has 0 bridgehead atoms. The normalized spacial score (nSPS) is 17.9. The molecule has 1 saturated heterocycles. The van der Waals surface area contributed by atoms with Crippen LogP contribution in [-0.2, 0) is 17.7 Å². The average Bonchev–Trinajstić information content (AvgIpc) is 3.67. The summed E-state index contributed by atoms with van der Waals surface area (Å²) in [5.74, 6) is 0.922. The lowest BCUT2D eigenvalue weighted by Crippen LogP contribution is -2.37. The van der Waals surface area contributed by atoms with Crippen molar-refractivity contribution in [1.82, 2.24) is 24.4 Å². The number of aromatic nitrogens is 4. The highest BCUT2D eigenvalue weighted by Gasteiger charge is 2.32. The molecular formula is C27H34N6O2S. The number of nitrogens with zero attached hydrogens (tertiary/aromatic N) is 5. The quantitative estimate of drug-likeness (QED) is 0.329. The van der Waals surface area contributed by atoms with Gasteiger partial charge in [0.15, 0.2) is 10.6 Å². The molecule has 0 spiro atoms. The number of thiazole rings is 1. The summed E-state index contributed by atoms with van der Waals surface area (Å²) < 4.78 is 9.92. The van der Waals surface area contributed by atoms with Crippen LogP contribution in [-0.4, -0.2) is 58.5 Å². The molecule has 8 nitrogen and oxygen atoms in total. The predicted octanol–water partition coefficient (Wildman–Crippen LogP) is 3.85. The number of pyridine rings is 1. The Kier molecular flexibility index (Phi) is 7.50. The first-order valence-electron chi connectivity index (χ1n) is 12.7. The van der Waals surface area contributed by atoms with Crippen LogP contribution in [0.3, 0.4) is 0 Å². The lowest BCUT2D eigenvalue weighted by Gasteiger charge is -2.20. The fourth-order valence-electron chi connectivity index (χ4n) is 5.10. The zero-order valence-corrected chi connectivity index (χ0v) is 22.0. The van der Waals surface area contributed by atoms with Crippen molar-refractivity contribution in [1.29, 1.82) is 0 Å². The minimum Gasteiger partial charge on any atom is -0.378 e. The van der Waals surface area contributed by atoms with Gasteiger partial charge < -0.3 is 19.5 Å². The van der Waals surface area contributed by atoms with E-state index in [0.717, 1.165) is 53.8 Å². The number of ether oxygens (including phenoxy) is 1. The Morgan fingerprint density at radius 3 is 2.81 bits per heavy atom. The topological polar surface area (TPSA) is 77.2 Å². The molecule has 5 rings (SSSR count). The maximum atomic E-state index is 13.7. The van der Waals surface area contributed by atoms with Crippen molar-refractivity contribution in [2.45, 2.75) is 51.3 Å². The van der Waals surface area contributed by atoms with Crippen LogP contribution in [0.25, 0.3) is 16.0 Å². The molecule has 9 heteroatoms. The van der Waals surface area contributed by atoms with Gasteiger partial charge in [0.1, 0.15) is 5.82 Å². The first kappa shape index (κ1) is 24.7. The van der Waals surface area contributed by atoms with Crippen molar-refractivity contribution in [2.24, 2.45) is 0 Å². The van der Waals surface area contributed by atoms with E-state index in [2.05, 4.69) is 48.4 Å². The van der Waals surface area contributed by atoms with Gasteiger partial charge in [-0.05, 0) is 31.7 Å². The van der Waals surface area contributed by atoms with Gasteiger partial charge >= 0.3 is 0 Å². The second-order valence-corrected chi connectivity index (χ2v) is 10.2. The van der Waals surface area contributed by atoms with E-state index in [9.17, 15) is 4.79 Å². The largest absolute Gasteiger partial charge is 0.378 e. The third kappa shape index (κ3) is 4.83. The van der Waals surface area contributed by atoms with E-state index in [1.807, 2.05) is 37.1 Å². The highest BCUT2D eigenvalue weighted by atomic mass is 32.1. The van der Waals surface area contributed by atoms with Crippen LogP contribution in [0.5, 0.6) is 0 Å². The molecule has 0 unspecified atom stereocenters. The summed E-state index contributed by atoms with van der Waals surface area (Å²) in [6.45, 7) is 4.77. The Balaban J connectivity index is 1.54. The molecule has 0 amide bonds. The summed E-state index contributed by atoms with van der Waals surface area (Å²) in [5, 5.41) is 6.86. The molecule has 36 heavy (non-hydrogen) atoms. The maximum absolute atomic E-state index is 13.7. The molecule has 1 aliphatic heterocycles. The van der Waals surface area contributed by atoms with Crippen molar-refractivity contribution < 1.29 is 4.74 Å². The minimum absolute atomic E-state index is 0.0526. The van der Waals surface area contributed by atoms with E-state index in [1.54, 1.807) is 24.6 Å². The molecule has 1 aromatic carbocycles. The number of unbranched alkanes of at least 4 members (excludes halogenated alkanes) is 2. The van der Waals surface area contributed by atoms with E-state index < -0.39 is 0 Å². The smallest absolute Gasteiger partial charge is 0.193 e. The van der Waals surface area contributed by atoms with Crippen LogP contribution >= 0.6 is 11.3 Å². The molecule has 0 radical (unpaired) electrons. The fraction of sp³-hybridized carbons (Fsp3) is 0.444. The van der Waals surface area contributed by atoms with Gasteiger partial charge in [0.2, 0.25) is 0 Å². The average molecular weight is 507 g/mol. The van der Waals surface area contributed by atoms with E-state index in [-0.39, 0.29) is 17.6 Å². The molecule has 1 aliphatic rings. The van der Waals surface area contributed by atoms with Crippen LogP contribution in [0.4, 0.5) is 5.69 Å². The zero-order chi connectivity index (χ0) is 25.1. The molecule has 2 atom stereocenters. The molecule has 3 aromatic heterocycles. The summed E-state index contributed by atoms with van der Waals surface area (Å²) in [6.07, 6.45) is 11.7. The molecule has 0 saturated carbocycles. The van der Waals surface area contributed by atoms with Crippen LogP contribution in [0, 0.1) is 0 Å². The first-order chi connectivity index (χ1) is 17.6. The summed E-state index contributed by atoms with van der Waals surface area (Å²) >= 11 is 1.56. The van der Waals surface area contributed by atoms with Gasteiger partial charge in [-0.15, -0.1) is 11.3 Å². The Labute approximate surface area is 215 Å². The number of hydrogen-bond acceptors (Lipinski definition) is 7. The number of rotatable bonds is 10. The molecule has 4 aromatic rings. The number of nitrogens with one attached hydrogen (secondary N) is 1. The number of imidazole rings is 1. The van der Waals surface area contributed by atoms with Gasteiger partial charge in [-0.25, -0.2) is 9.97 Å². The van der Waals surface area contributed by atoms with Gasteiger partial charge in [0.05, 0.1) is 17.7 Å². The predicted molar refractivity (Wildman–Crippen MR) is 146 cm³/mol. The summed E-state index contributed by atoms with van der Waals surface area (Å²) in [5.41, 5.74) is 2.72. The Bertz CT molecular complexity index is 1350. The van der Waals surface area contributed by atoms with E-state index in [1.165, 1.54) is 12.8 Å². The third-order valence-electron chi connectivity index (χ3n) is 7.15. The highest BCUT2D eigenvalue weighted by Crippen LogP contribution is 2.28. The van der Waals surface area contributed by atoms with Crippen LogP contribution in [0.2, 0.25) is 0 Å². The summed E-state index contributed by atoms with van der Waals surface area (Å²) in [4.78, 5) is 25.1. The van der Waals surface area contributed by atoms with Gasteiger partial charge in [0.25, 0.3) is 0 Å². The molecule has 1 N–H and O–H groups in total. The molecular weight excluding hydrogens is 472 g/mol. The maximum Gasteiger partial charge on any atom is 0.193 e. The van der Waals surface area contributed by atoms with Crippen molar-refractivity contribution in [3.8, 4) is 5.13 Å². The Morgan fingerprint density at radius 1 is 1.19 bits per heavy atom. The van der Waals surface area contributed by atoms with Crippen molar-refractivity contribution >= 4 is 27.9 Å². The zero-order valence-electron chi connectivity index (χ0n) is 21.2. The molecule has 190 valence electrons. The lowest BCUT2D eigenvalue weighted by molar-refractivity contribution is 0.0996. The van der Waals surface area contributed by atoms with Crippen molar-refractivity contribution in [3.63, 3.8) is 0 Å². The number of fused-ring (bicyclic) bond motifs is 1. The second-order valence-electron chi connectivity index (χ2n) is 9.36. The molecule has 4 heterocycles. The van der Waals surface area contributed by atoms with E-state index in [0.29, 0.717) is 11.8 Å². The number of methoxy groups -OCH3 is 1. The van der Waals surface area contributed by atoms with Crippen molar-refractivity contribution in [2.75, 3.05) is 32.1 Å². The van der Waals surface area contributed by atoms with Crippen LogP contribution < -0.4 is 15.6 Å². The van der Waals surface area contributed by atoms with Gasteiger partial charge in [0, 0.05) is 80.0 Å². The summed E-state index contributed by atoms with van der Waals surface area (Å²) in [7, 11) is 3.73. The SMILES string of the molecule is CCCCCn1ccnc1Cc1cn(-c2nccs2)c2cc(N3C[C@H](NC)[C@@H](OC)C3)ccc2c1=O. The number of likely N-dealkylation sites (N-methyl/N-ethyl adjacent to an activating group) is 1. The van der Waals surface area contributed by atoms with Crippen LogP contribution in [0.15, 0.2) is 53.2 Å². The van der Waals surface area contributed by atoms with Crippen molar-refractivity contribution in [3.05, 3.63) is 70.0 Å². The minimum atomic E-state index is 0.0526. The van der Waals surface area contributed by atoms with Gasteiger partial charge in [-0.1, -0.05) is 19.8 Å². The highest BCUT2D eigenvalue weighted by molar-refractivity contribution is 7.12. The Morgan fingerprint density at radius 2 is 2.08 bits per heavy atom. The monoisotopic (exact) mass is 506 g/mol. The third-order valence-corrected chi connectivity index (χ3v) is 7.92. The molecule has 0 aliphatic carbocycles. The summed E-state index contributed by atoms with van der Waals surface area (Å²) in [6, 6.07) is 6.38. The van der Waals surface area contributed by atoms with Gasteiger partial charge in [-0.3, -0.25) is 9.36 Å². The number of benzene rings is 1. The first-order valence-corrected chi connectivity index (χ1v) is 13.5.